The quantitative estimate of drug-likeness (QED) is 0.447. The second kappa shape index (κ2) is 9.83. The molecule has 1 aliphatic heterocycles. The molecule has 22 heavy (non-hydrogen) atoms. The van der Waals surface area contributed by atoms with Crippen molar-refractivity contribution in [2.45, 2.75) is 13.0 Å². The third-order valence-electron chi connectivity index (χ3n) is 3.55. The maximum absolute atomic E-state index is 5.42. The van der Waals surface area contributed by atoms with Crippen molar-refractivity contribution < 1.29 is 9.47 Å². The molecule has 0 bridgehead atoms. The Morgan fingerprint density at radius 1 is 1.55 bits per heavy atom. The van der Waals surface area contributed by atoms with E-state index >= 15 is 0 Å². The second-order valence-corrected chi connectivity index (χ2v) is 5.18. The SMILES string of the molecule is CN=C(NCc1cccc(OC)n1)N(C)CC1CCOC1.I. The minimum Gasteiger partial charge on any atom is -0.481 e. The van der Waals surface area contributed by atoms with E-state index in [0.29, 0.717) is 18.3 Å². The van der Waals surface area contributed by atoms with Crippen LogP contribution in [-0.4, -0.2) is 56.8 Å². The van der Waals surface area contributed by atoms with Gasteiger partial charge in [0, 0.05) is 39.2 Å². The molecule has 124 valence electrons. The van der Waals surface area contributed by atoms with Gasteiger partial charge in [0.1, 0.15) is 0 Å². The van der Waals surface area contributed by atoms with E-state index in [4.69, 9.17) is 9.47 Å². The van der Waals surface area contributed by atoms with E-state index in [1.54, 1.807) is 14.2 Å². The van der Waals surface area contributed by atoms with E-state index in [1.165, 1.54) is 0 Å². The van der Waals surface area contributed by atoms with Crippen LogP contribution >= 0.6 is 24.0 Å². The van der Waals surface area contributed by atoms with Crippen LogP contribution in [0.25, 0.3) is 0 Å². The van der Waals surface area contributed by atoms with Crippen molar-refractivity contribution in [2.75, 3.05) is 41.0 Å². The largest absolute Gasteiger partial charge is 0.481 e. The summed E-state index contributed by atoms with van der Waals surface area (Å²) in [5.41, 5.74) is 0.924. The Bertz CT molecular complexity index is 478. The minimum absolute atomic E-state index is 0. The Morgan fingerprint density at radius 3 is 3.00 bits per heavy atom. The molecule has 1 atom stereocenters. The molecule has 0 radical (unpaired) electrons. The first-order valence-corrected chi connectivity index (χ1v) is 7.22. The van der Waals surface area contributed by atoms with Gasteiger partial charge in [0.15, 0.2) is 5.96 Å². The number of methoxy groups -OCH3 is 1. The van der Waals surface area contributed by atoms with E-state index in [-0.39, 0.29) is 24.0 Å². The average Bonchev–Trinajstić information content (AvgIpc) is 3.01. The summed E-state index contributed by atoms with van der Waals surface area (Å²) >= 11 is 0. The molecule has 1 aromatic heterocycles. The zero-order valence-corrected chi connectivity index (χ0v) is 15.7. The maximum atomic E-state index is 5.42. The zero-order chi connectivity index (χ0) is 15.1. The summed E-state index contributed by atoms with van der Waals surface area (Å²) < 4.78 is 10.5. The highest BCUT2D eigenvalue weighted by molar-refractivity contribution is 14.0. The van der Waals surface area contributed by atoms with Gasteiger partial charge in [0.2, 0.25) is 5.88 Å². The highest BCUT2D eigenvalue weighted by atomic mass is 127. The van der Waals surface area contributed by atoms with Crippen LogP contribution in [0.4, 0.5) is 0 Å². The molecule has 7 heteroatoms. The number of ether oxygens (including phenoxy) is 2. The summed E-state index contributed by atoms with van der Waals surface area (Å²) in [7, 11) is 5.46. The lowest BCUT2D eigenvalue weighted by atomic mass is 10.1. The van der Waals surface area contributed by atoms with Crippen molar-refractivity contribution in [1.29, 1.82) is 0 Å². The lowest BCUT2D eigenvalue weighted by Crippen LogP contribution is -2.41. The summed E-state index contributed by atoms with van der Waals surface area (Å²) in [6, 6.07) is 5.74. The molecule has 1 fully saturated rings. The van der Waals surface area contributed by atoms with E-state index in [0.717, 1.165) is 37.8 Å². The van der Waals surface area contributed by atoms with Crippen LogP contribution in [0.1, 0.15) is 12.1 Å². The molecule has 1 saturated heterocycles. The van der Waals surface area contributed by atoms with Crippen LogP contribution in [0, 0.1) is 5.92 Å². The van der Waals surface area contributed by atoms with Crippen LogP contribution in [-0.2, 0) is 11.3 Å². The molecule has 0 aromatic carbocycles. The second-order valence-electron chi connectivity index (χ2n) is 5.18. The number of aliphatic imine (C=N–C) groups is 1. The van der Waals surface area contributed by atoms with Crippen molar-refractivity contribution in [3.63, 3.8) is 0 Å². The average molecular weight is 420 g/mol. The zero-order valence-electron chi connectivity index (χ0n) is 13.4. The number of nitrogens with zero attached hydrogens (tertiary/aromatic N) is 3. The van der Waals surface area contributed by atoms with Gasteiger partial charge in [-0.1, -0.05) is 6.07 Å². The summed E-state index contributed by atoms with van der Waals surface area (Å²) in [5.74, 6) is 2.08. The number of hydrogen-bond acceptors (Lipinski definition) is 4. The topological polar surface area (TPSA) is 59.0 Å². The molecule has 0 aliphatic carbocycles. The van der Waals surface area contributed by atoms with Gasteiger partial charge in [-0.2, -0.15) is 0 Å². The van der Waals surface area contributed by atoms with Gasteiger partial charge in [0.25, 0.3) is 0 Å². The number of halogens is 1. The summed E-state index contributed by atoms with van der Waals surface area (Å²) in [6.45, 7) is 3.29. The van der Waals surface area contributed by atoms with Crippen molar-refractivity contribution in [3.05, 3.63) is 23.9 Å². The molecule has 1 unspecified atom stereocenters. The van der Waals surface area contributed by atoms with Gasteiger partial charge < -0.3 is 19.7 Å². The van der Waals surface area contributed by atoms with E-state index in [9.17, 15) is 0 Å². The minimum atomic E-state index is 0. The molecule has 6 nitrogen and oxygen atoms in total. The van der Waals surface area contributed by atoms with Crippen molar-refractivity contribution in [1.82, 2.24) is 15.2 Å². The number of guanidine groups is 1. The van der Waals surface area contributed by atoms with Crippen LogP contribution in [0.5, 0.6) is 5.88 Å². The number of nitrogens with one attached hydrogen (secondary N) is 1. The van der Waals surface area contributed by atoms with Gasteiger partial charge in [-0.3, -0.25) is 4.99 Å². The van der Waals surface area contributed by atoms with Crippen LogP contribution in [0.2, 0.25) is 0 Å². The highest BCUT2D eigenvalue weighted by Crippen LogP contribution is 2.13. The van der Waals surface area contributed by atoms with Gasteiger partial charge in [0.05, 0.1) is 26.0 Å². The molecule has 1 aromatic rings. The first-order chi connectivity index (χ1) is 10.2. The fourth-order valence-corrected chi connectivity index (χ4v) is 2.43. The Balaban J connectivity index is 0.00000242. The molecule has 0 saturated carbocycles. The van der Waals surface area contributed by atoms with Gasteiger partial charge in [-0.15, -0.1) is 24.0 Å². The number of hydrogen-bond donors (Lipinski definition) is 1. The summed E-state index contributed by atoms with van der Waals surface area (Å²) in [5, 5.41) is 3.33. The monoisotopic (exact) mass is 420 g/mol. The lowest BCUT2D eigenvalue weighted by Gasteiger charge is -2.24. The van der Waals surface area contributed by atoms with Crippen molar-refractivity contribution in [2.24, 2.45) is 10.9 Å². The fourth-order valence-electron chi connectivity index (χ4n) is 2.43. The molecule has 1 aliphatic rings. The van der Waals surface area contributed by atoms with Crippen LogP contribution in [0.15, 0.2) is 23.2 Å². The molecule has 0 spiro atoms. The third kappa shape index (κ3) is 5.60. The van der Waals surface area contributed by atoms with E-state index in [2.05, 4.69) is 20.2 Å². The van der Waals surface area contributed by atoms with E-state index in [1.807, 2.05) is 25.2 Å². The highest BCUT2D eigenvalue weighted by Gasteiger charge is 2.19. The molecular weight excluding hydrogens is 395 g/mol. The maximum Gasteiger partial charge on any atom is 0.213 e. The number of pyridine rings is 1. The molecular formula is C15H25IN4O2. The van der Waals surface area contributed by atoms with Gasteiger partial charge in [-0.05, 0) is 12.5 Å². The van der Waals surface area contributed by atoms with Crippen LogP contribution in [0.3, 0.4) is 0 Å². The normalized spacial score (nSPS) is 17.8. The predicted molar refractivity (Wildman–Crippen MR) is 98.0 cm³/mol. The predicted octanol–water partition coefficient (Wildman–Crippen LogP) is 1.75. The van der Waals surface area contributed by atoms with E-state index < -0.39 is 0 Å². The third-order valence-corrected chi connectivity index (χ3v) is 3.55. The van der Waals surface area contributed by atoms with Gasteiger partial charge in [-0.25, -0.2) is 4.98 Å². The summed E-state index contributed by atoms with van der Waals surface area (Å²) in [6.07, 6.45) is 1.12. The standard InChI is InChI=1S/C15H24N4O2.HI/c1-16-15(19(2)10-12-7-8-21-11-12)17-9-13-5-4-6-14(18-13)20-3;/h4-6,12H,7-11H2,1-3H3,(H,16,17);1H. The first kappa shape index (κ1) is 19.0. The first-order valence-electron chi connectivity index (χ1n) is 7.22. The molecule has 1 N–H and O–H groups in total. The fraction of sp³-hybridized carbons (Fsp3) is 0.600. The number of aromatic nitrogens is 1. The number of rotatable bonds is 5. The van der Waals surface area contributed by atoms with Crippen LogP contribution < -0.4 is 10.1 Å². The molecule has 2 rings (SSSR count). The molecule has 2 heterocycles. The van der Waals surface area contributed by atoms with Crippen molar-refractivity contribution >= 4 is 29.9 Å². The summed E-state index contributed by atoms with van der Waals surface area (Å²) in [4.78, 5) is 10.8. The Kier molecular flexibility index (Phi) is 8.47. The Labute approximate surface area is 149 Å². The Morgan fingerprint density at radius 2 is 2.36 bits per heavy atom. The lowest BCUT2D eigenvalue weighted by molar-refractivity contribution is 0.181. The Hall–Kier alpha value is -1.09. The smallest absolute Gasteiger partial charge is 0.213 e. The van der Waals surface area contributed by atoms with Crippen molar-refractivity contribution in [3.8, 4) is 5.88 Å². The van der Waals surface area contributed by atoms with Gasteiger partial charge >= 0.3 is 0 Å². The molecule has 0 amide bonds.